The quantitative estimate of drug-likeness (QED) is 0.167. The summed E-state index contributed by atoms with van der Waals surface area (Å²) >= 11 is 0. The fourth-order valence-corrected chi connectivity index (χ4v) is 9.79. The van der Waals surface area contributed by atoms with Crippen molar-refractivity contribution >= 4 is 21.9 Å². The van der Waals surface area contributed by atoms with Crippen molar-refractivity contribution in [3.8, 4) is 67.8 Å². The standard InChI is InChI=1S/C56H34N4O2/c1-3-13-33(14-4-1)47-29-49(45-31-61-51-21-11-9-17-37(45)51)59-55(57-47)35-23-25-41-43(27-35)53-39-19-7-8-20-40(39)54(41)44-28-36(24-26-42(44)53)56-58-48(34-15-5-2-6-16-34)30-50(60-56)46-32-62-52-22-12-10-18-38(46)52/h1-32,53-54H. The zero-order valence-electron chi connectivity index (χ0n) is 33.2. The summed E-state index contributed by atoms with van der Waals surface area (Å²) in [6.07, 6.45) is 3.62. The Kier molecular flexibility index (Phi) is 7.63. The molecule has 6 nitrogen and oxygen atoms in total. The predicted octanol–water partition coefficient (Wildman–Crippen LogP) is 13.7. The lowest BCUT2D eigenvalue weighted by molar-refractivity contribution is 0.616. The SMILES string of the molecule is c1ccc(-c2cc(-c3coc4ccccc34)nc(-c3ccc4c(c3)C3c5ccccc5C4c4cc(-c5nc(-c6ccccc6)cc(-c6coc7ccccc67)n5)ccc43)n2)cc1. The van der Waals surface area contributed by atoms with Gasteiger partial charge in [0, 0.05) is 56.0 Å². The van der Waals surface area contributed by atoms with Crippen LogP contribution < -0.4 is 0 Å². The molecule has 0 spiro atoms. The third-order valence-electron chi connectivity index (χ3n) is 12.7. The summed E-state index contributed by atoms with van der Waals surface area (Å²) in [5.74, 6) is 1.43. The van der Waals surface area contributed by atoms with Crippen LogP contribution in [0.5, 0.6) is 0 Å². The van der Waals surface area contributed by atoms with Crippen LogP contribution in [0.2, 0.25) is 0 Å². The Morgan fingerprint density at radius 2 is 0.694 bits per heavy atom. The molecule has 4 aromatic heterocycles. The van der Waals surface area contributed by atoms with Crippen LogP contribution >= 0.6 is 0 Å². The monoisotopic (exact) mass is 794 g/mol. The Morgan fingerprint density at radius 3 is 1.16 bits per heavy atom. The molecule has 0 aliphatic heterocycles. The summed E-state index contributed by atoms with van der Waals surface area (Å²) in [4.78, 5) is 20.9. The zero-order chi connectivity index (χ0) is 40.7. The molecule has 62 heavy (non-hydrogen) atoms. The number of rotatable bonds is 6. The van der Waals surface area contributed by atoms with Gasteiger partial charge in [0.05, 0.1) is 22.8 Å². The second kappa shape index (κ2) is 13.7. The Hall–Kier alpha value is -8.22. The van der Waals surface area contributed by atoms with Crippen molar-refractivity contribution in [1.82, 2.24) is 19.9 Å². The lowest BCUT2D eigenvalue weighted by Gasteiger charge is -2.42. The molecule has 0 amide bonds. The lowest BCUT2D eigenvalue weighted by atomic mass is 9.61. The van der Waals surface area contributed by atoms with Gasteiger partial charge in [-0.05, 0) is 69.8 Å². The molecule has 0 N–H and O–H groups in total. The zero-order valence-corrected chi connectivity index (χ0v) is 33.2. The van der Waals surface area contributed by atoms with Crippen LogP contribution in [0, 0.1) is 0 Å². The maximum atomic E-state index is 6.00. The maximum absolute atomic E-state index is 6.00. The first kappa shape index (κ1) is 34.6. The fourth-order valence-electron chi connectivity index (χ4n) is 9.79. The molecule has 7 aromatic carbocycles. The van der Waals surface area contributed by atoms with Crippen molar-refractivity contribution in [3.63, 3.8) is 0 Å². The summed E-state index contributed by atoms with van der Waals surface area (Å²) in [6.45, 7) is 0. The molecule has 290 valence electrons. The third-order valence-corrected chi connectivity index (χ3v) is 12.7. The van der Waals surface area contributed by atoms with Crippen LogP contribution in [0.25, 0.3) is 89.7 Å². The van der Waals surface area contributed by atoms with Crippen molar-refractivity contribution in [2.75, 3.05) is 0 Å². The van der Waals surface area contributed by atoms with Crippen LogP contribution in [0.3, 0.4) is 0 Å². The number of fused-ring (bicyclic) bond motifs is 2. The van der Waals surface area contributed by atoms with Crippen molar-refractivity contribution < 1.29 is 8.83 Å². The van der Waals surface area contributed by atoms with E-state index in [0.29, 0.717) is 11.6 Å². The van der Waals surface area contributed by atoms with E-state index in [1.165, 1.54) is 33.4 Å². The number of hydrogen-bond acceptors (Lipinski definition) is 6. The second-order valence-electron chi connectivity index (χ2n) is 16.1. The molecule has 0 saturated carbocycles. The smallest absolute Gasteiger partial charge is 0.160 e. The predicted molar refractivity (Wildman–Crippen MR) is 245 cm³/mol. The first-order valence-electron chi connectivity index (χ1n) is 20.9. The summed E-state index contributed by atoms with van der Waals surface area (Å²) in [6, 6.07) is 63.5. The van der Waals surface area contributed by atoms with Gasteiger partial charge in [0.25, 0.3) is 0 Å². The van der Waals surface area contributed by atoms with E-state index in [1.54, 1.807) is 0 Å². The average molecular weight is 795 g/mol. The van der Waals surface area contributed by atoms with Crippen molar-refractivity contribution in [2.24, 2.45) is 0 Å². The van der Waals surface area contributed by atoms with Crippen molar-refractivity contribution in [1.29, 1.82) is 0 Å². The van der Waals surface area contributed by atoms with E-state index in [-0.39, 0.29) is 11.8 Å². The minimum atomic E-state index is 0.0363. The minimum absolute atomic E-state index is 0.0363. The van der Waals surface area contributed by atoms with Crippen molar-refractivity contribution in [3.05, 3.63) is 228 Å². The van der Waals surface area contributed by atoms with Crippen LogP contribution in [0.1, 0.15) is 45.2 Å². The number of nitrogens with zero attached hydrogens (tertiary/aromatic N) is 4. The fraction of sp³-hybridized carbons (Fsp3) is 0.0357. The topological polar surface area (TPSA) is 77.8 Å². The van der Waals surface area contributed by atoms with Gasteiger partial charge in [-0.15, -0.1) is 0 Å². The van der Waals surface area contributed by atoms with Gasteiger partial charge in [-0.3, -0.25) is 0 Å². The number of hydrogen-bond donors (Lipinski definition) is 0. The minimum Gasteiger partial charge on any atom is -0.464 e. The molecule has 0 fully saturated rings. The summed E-state index contributed by atoms with van der Waals surface area (Å²) in [5.41, 5.74) is 18.8. The highest BCUT2D eigenvalue weighted by molar-refractivity contribution is 5.95. The molecule has 3 aliphatic rings. The first-order chi connectivity index (χ1) is 30.7. The van der Waals surface area contributed by atoms with Gasteiger partial charge in [-0.2, -0.15) is 0 Å². The number of aromatic nitrogens is 4. The van der Waals surface area contributed by atoms with Gasteiger partial charge in [0.2, 0.25) is 0 Å². The molecular weight excluding hydrogens is 761 g/mol. The molecule has 0 saturated heterocycles. The largest absolute Gasteiger partial charge is 0.464 e. The summed E-state index contributed by atoms with van der Waals surface area (Å²) in [7, 11) is 0. The van der Waals surface area contributed by atoms with Crippen molar-refractivity contribution in [2.45, 2.75) is 11.8 Å². The van der Waals surface area contributed by atoms with Crippen LogP contribution in [-0.4, -0.2) is 19.9 Å². The molecule has 4 heterocycles. The molecular formula is C56H34N4O2. The van der Waals surface area contributed by atoms with E-state index in [4.69, 9.17) is 28.8 Å². The van der Waals surface area contributed by atoms with Crippen LogP contribution in [-0.2, 0) is 0 Å². The number of para-hydroxylation sites is 2. The van der Waals surface area contributed by atoms with Gasteiger partial charge >= 0.3 is 0 Å². The van der Waals surface area contributed by atoms with Gasteiger partial charge < -0.3 is 8.83 Å². The van der Waals surface area contributed by atoms with E-state index >= 15 is 0 Å². The Labute approximate surface area is 356 Å². The van der Waals surface area contributed by atoms with Crippen LogP contribution in [0.15, 0.2) is 203 Å². The Morgan fingerprint density at radius 1 is 0.306 bits per heavy atom. The van der Waals surface area contributed by atoms with Gasteiger partial charge in [-0.1, -0.05) is 146 Å². The normalized spacial score (nSPS) is 14.8. The Balaban J connectivity index is 0.951. The lowest BCUT2D eigenvalue weighted by Crippen LogP contribution is -2.27. The molecule has 0 radical (unpaired) electrons. The third kappa shape index (κ3) is 5.43. The second-order valence-corrected chi connectivity index (χ2v) is 16.1. The molecule has 2 bridgehead atoms. The molecule has 14 rings (SSSR count). The average Bonchev–Trinajstić information content (AvgIpc) is 3.99. The molecule has 2 unspecified atom stereocenters. The van der Waals surface area contributed by atoms with E-state index < -0.39 is 0 Å². The molecule has 6 heteroatoms. The highest BCUT2D eigenvalue weighted by Gasteiger charge is 2.41. The summed E-state index contributed by atoms with van der Waals surface area (Å²) < 4.78 is 12.0. The maximum Gasteiger partial charge on any atom is 0.160 e. The van der Waals surface area contributed by atoms with Gasteiger partial charge in [0.15, 0.2) is 11.6 Å². The van der Waals surface area contributed by atoms with Crippen LogP contribution in [0.4, 0.5) is 0 Å². The van der Waals surface area contributed by atoms with E-state index in [1.807, 2.05) is 85.3 Å². The molecule has 2 atom stereocenters. The van der Waals surface area contributed by atoms with Gasteiger partial charge in [-0.25, -0.2) is 19.9 Å². The van der Waals surface area contributed by atoms with E-state index in [2.05, 4.69) is 109 Å². The molecule has 11 aromatic rings. The summed E-state index contributed by atoms with van der Waals surface area (Å²) in [5, 5.41) is 2.05. The van der Waals surface area contributed by atoms with E-state index in [9.17, 15) is 0 Å². The number of furan rings is 2. The van der Waals surface area contributed by atoms with Gasteiger partial charge in [0.1, 0.15) is 23.7 Å². The highest BCUT2D eigenvalue weighted by Crippen LogP contribution is 2.56. The number of benzene rings is 7. The Bertz CT molecular complexity index is 3320. The highest BCUT2D eigenvalue weighted by atomic mass is 16.3. The first-order valence-corrected chi connectivity index (χ1v) is 20.9. The van der Waals surface area contributed by atoms with E-state index in [0.717, 1.165) is 78.1 Å². The molecule has 3 aliphatic carbocycles.